The lowest BCUT2D eigenvalue weighted by atomic mass is 10.2. The van der Waals surface area contributed by atoms with E-state index >= 15 is 0 Å². The molecule has 5 heteroatoms. The number of nitrogens with one attached hydrogen (secondary N) is 1. The maximum Gasteiger partial charge on any atom is 0.251 e. The van der Waals surface area contributed by atoms with E-state index in [0.717, 1.165) is 12.6 Å². The van der Waals surface area contributed by atoms with E-state index in [1.54, 1.807) is 18.3 Å². The molecule has 0 radical (unpaired) electrons. The predicted molar refractivity (Wildman–Crippen MR) is 69.9 cm³/mol. The molecule has 0 saturated heterocycles. The van der Waals surface area contributed by atoms with E-state index < -0.39 is 0 Å². The number of likely N-dealkylation sites (N-methyl/N-ethyl adjacent to an activating group) is 1. The number of hydrogen-bond donors (Lipinski definition) is 1. The molecule has 92 valence electrons. The van der Waals surface area contributed by atoms with Crippen LogP contribution >= 0.6 is 15.9 Å². The van der Waals surface area contributed by atoms with Gasteiger partial charge in [0.05, 0.1) is 0 Å². The van der Waals surface area contributed by atoms with Crippen LogP contribution in [0.25, 0.3) is 0 Å². The first kappa shape index (κ1) is 12.5. The Labute approximate surface area is 110 Å². The second kappa shape index (κ2) is 5.60. The number of amides is 1. The summed E-state index contributed by atoms with van der Waals surface area (Å²) < 4.78 is 0.681. The SMILES string of the molecule is CN(CCNC(=O)c1ccnc(Br)c1)C1CC1. The first-order chi connectivity index (χ1) is 8.16. The molecule has 4 nitrogen and oxygen atoms in total. The number of halogens is 1. The molecule has 1 aromatic heterocycles. The molecule has 1 N–H and O–H groups in total. The summed E-state index contributed by atoms with van der Waals surface area (Å²) in [6.45, 7) is 1.59. The Morgan fingerprint density at radius 2 is 2.41 bits per heavy atom. The van der Waals surface area contributed by atoms with Gasteiger partial charge in [0.25, 0.3) is 5.91 Å². The Hall–Kier alpha value is -0.940. The fraction of sp³-hybridized carbons (Fsp3) is 0.500. The molecule has 17 heavy (non-hydrogen) atoms. The maximum absolute atomic E-state index is 11.8. The topological polar surface area (TPSA) is 45.2 Å². The van der Waals surface area contributed by atoms with Gasteiger partial charge in [-0.15, -0.1) is 0 Å². The summed E-state index contributed by atoms with van der Waals surface area (Å²) >= 11 is 3.25. The molecule has 0 atom stereocenters. The molecule has 2 rings (SSSR count). The van der Waals surface area contributed by atoms with Crippen LogP contribution < -0.4 is 5.32 Å². The number of carbonyl (C=O) groups is 1. The van der Waals surface area contributed by atoms with Crippen molar-refractivity contribution in [1.82, 2.24) is 15.2 Å². The summed E-state index contributed by atoms with van der Waals surface area (Å²) in [6, 6.07) is 4.17. The van der Waals surface area contributed by atoms with E-state index in [9.17, 15) is 4.79 Å². The van der Waals surface area contributed by atoms with E-state index in [2.05, 4.69) is 38.2 Å². The largest absolute Gasteiger partial charge is 0.351 e. The lowest BCUT2D eigenvalue weighted by molar-refractivity contribution is 0.0949. The van der Waals surface area contributed by atoms with Crippen molar-refractivity contribution in [3.8, 4) is 0 Å². The first-order valence-corrected chi connectivity index (χ1v) is 6.56. The molecule has 1 aliphatic carbocycles. The van der Waals surface area contributed by atoms with Crippen LogP contribution in [0.1, 0.15) is 23.2 Å². The van der Waals surface area contributed by atoms with Crippen LogP contribution in [0.3, 0.4) is 0 Å². The summed E-state index contributed by atoms with van der Waals surface area (Å²) in [5.74, 6) is -0.0442. The average Bonchev–Trinajstić information content (AvgIpc) is 3.12. The van der Waals surface area contributed by atoms with Gasteiger partial charge in [0.1, 0.15) is 4.60 Å². The predicted octanol–water partition coefficient (Wildman–Crippen LogP) is 1.67. The third kappa shape index (κ3) is 3.78. The summed E-state index contributed by atoms with van der Waals surface area (Å²) in [6.07, 6.45) is 4.21. The van der Waals surface area contributed by atoms with Crippen LogP contribution in [0, 0.1) is 0 Å². The molecule has 1 saturated carbocycles. The van der Waals surface area contributed by atoms with Gasteiger partial charge in [-0.1, -0.05) is 0 Å². The van der Waals surface area contributed by atoms with Crippen molar-refractivity contribution < 1.29 is 4.79 Å². The Bertz CT molecular complexity index is 406. The quantitative estimate of drug-likeness (QED) is 0.841. The van der Waals surface area contributed by atoms with Gasteiger partial charge in [-0.05, 0) is 48.0 Å². The highest BCUT2D eigenvalue weighted by Gasteiger charge is 2.25. The highest BCUT2D eigenvalue weighted by Crippen LogP contribution is 2.24. The molecule has 0 unspecified atom stereocenters. The van der Waals surface area contributed by atoms with Crippen molar-refractivity contribution in [2.45, 2.75) is 18.9 Å². The molecule has 0 bridgehead atoms. The second-order valence-electron chi connectivity index (χ2n) is 4.33. The number of carbonyl (C=O) groups excluding carboxylic acids is 1. The minimum absolute atomic E-state index is 0.0442. The average molecular weight is 298 g/mol. The molecule has 1 fully saturated rings. The number of pyridine rings is 1. The number of nitrogens with zero attached hydrogens (tertiary/aromatic N) is 2. The monoisotopic (exact) mass is 297 g/mol. The zero-order valence-corrected chi connectivity index (χ0v) is 11.4. The van der Waals surface area contributed by atoms with E-state index in [0.29, 0.717) is 16.7 Å². The summed E-state index contributed by atoms with van der Waals surface area (Å²) in [5.41, 5.74) is 0.640. The minimum Gasteiger partial charge on any atom is -0.351 e. The zero-order valence-electron chi connectivity index (χ0n) is 9.82. The van der Waals surface area contributed by atoms with Crippen molar-refractivity contribution in [3.63, 3.8) is 0 Å². The zero-order chi connectivity index (χ0) is 12.3. The number of rotatable bonds is 5. The Morgan fingerprint density at radius 3 is 3.06 bits per heavy atom. The lowest BCUT2D eigenvalue weighted by Gasteiger charge is -2.15. The van der Waals surface area contributed by atoms with E-state index in [-0.39, 0.29) is 5.91 Å². The van der Waals surface area contributed by atoms with Gasteiger partial charge in [-0.2, -0.15) is 0 Å². The Morgan fingerprint density at radius 1 is 1.65 bits per heavy atom. The fourth-order valence-electron chi connectivity index (χ4n) is 1.69. The molecule has 0 spiro atoms. The maximum atomic E-state index is 11.8. The molecule has 1 aromatic rings. The minimum atomic E-state index is -0.0442. The van der Waals surface area contributed by atoms with Crippen LogP contribution in [-0.2, 0) is 0 Å². The lowest BCUT2D eigenvalue weighted by Crippen LogP contribution is -2.33. The number of hydrogen-bond acceptors (Lipinski definition) is 3. The van der Waals surface area contributed by atoms with Crippen molar-refractivity contribution >= 4 is 21.8 Å². The van der Waals surface area contributed by atoms with Crippen molar-refractivity contribution in [2.24, 2.45) is 0 Å². The third-order valence-electron chi connectivity index (χ3n) is 2.91. The summed E-state index contributed by atoms with van der Waals surface area (Å²) in [5, 5.41) is 2.91. The van der Waals surface area contributed by atoms with E-state index in [1.165, 1.54) is 12.8 Å². The van der Waals surface area contributed by atoms with Gasteiger partial charge in [0.2, 0.25) is 0 Å². The molecule has 0 aromatic carbocycles. The van der Waals surface area contributed by atoms with Gasteiger partial charge >= 0.3 is 0 Å². The molecular formula is C12H16BrN3O. The van der Waals surface area contributed by atoms with Gasteiger partial charge in [0, 0.05) is 30.9 Å². The fourth-order valence-corrected chi connectivity index (χ4v) is 2.05. The van der Waals surface area contributed by atoms with Crippen molar-refractivity contribution in [1.29, 1.82) is 0 Å². The third-order valence-corrected chi connectivity index (χ3v) is 3.34. The van der Waals surface area contributed by atoms with Crippen LogP contribution in [0.5, 0.6) is 0 Å². The molecule has 1 aliphatic rings. The first-order valence-electron chi connectivity index (χ1n) is 5.77. The van der Waals surface area contributed by atoms with Gasteiger partial charge in [-0.25, -0.2) is 4.98 Å². The molecule has 1 heterocycles. The molecular weight excluding hydrogens is 282 g/mol. The highest BCUT2D eigenvalue weighted by atomic mass is 79.9. The van der Waals surface area contributed by atoms with Crippen molar-refractivity contribution in [3.05, 3.63) is 28.5 Å². The van der Waals surface area contributed by atoms with E-state index in [1.807, 2.05) is 0 Å². The standard InChI is InChI=1S/C12H16BrN3O/c1-16(10-2-3-10)7-6-15-12(17)9-4-5-14-11(13)8-9/h4-5,8,10H,2-3,6-7H2,1H3,(H,15,17). The molecule has 0 aliphatic heterocycles. The van der Waals surface area contributed by atoms with Gasteiger partial charge < -0.3 is 10.2 Å². The number of aromatic nitrogens is 1. The van der Waals surface area contributed by atoms with Gasteiger partial charge in [0.15, 0.2) is 0 Å². The van der Waals surface area contributed by atoms with Crippen LogP contribution in [-0.4, -0.2) is 42.0 Å². The Kier molecular flexibility index (Phi) is 4.12. The summed E-state index contributed by atoms with van der Waals surface area (Å²) in [4.78, 5) is 18.1. The summed E-state index contributed by atoms with van der Waals surface area (Å²) in [7, 11) is 2.10. The van der Waals surface area contributed by atoms with Crippen LogP contribution in [0.2, 0.25) is 0 Å². The molecule has 1 amide bonds. The van der Waals surface area contributed by atoms with Crippen LogP contribution in [0.4, 0.5) is 0 Å². The smallest absolute Gasteiger partial charge is 0.251 e. The van der Waals surface area contributed by atoms with E-state index in [4.69, 9.17) is 0 Å². The second-order valence-corrected chi connectivity index (χ2v) is 5.15. The Balaban J connectivity index is 1.76. The highest BCUT2D eigenvalue weighted by molar-refractivity contribution is 9.10. The normalized spacial score (nSPS) is 15.0. The van der Waals surface area contributed by atoms with Crippen molar-refractivity contribution in [2.75, 3.05) is 20.1 Å². The van der Waals surface area contributed by atoms with Gasteiger partial charge in [-0.3, -0.25) is 4.79 Å². The van der Waals surface area contributed by atoms with Crippen LogP contribution in [0.15, 0.2) is 22.9 Å².